The summed E-state index contributed by atoms with van der Waals surface area (Å²) in [7, 11) is 0. The number of hydrogen-bond acceptors (Lipinski definition) is 4. The molecule has 2 aromatic rings. The van der Waals surface area contributed by atoms with Gasteiger partial charge in [0.1, 0.15) is 0 Å². The average molecular weight is 354 g/mol. The minimum absolute atomic E-state index is 0.0881. The Balaban J connectivity index is 1.92. The Kier molecular flexibility index (Phi) is 6.91. The molecule has 2 amide bonds. The van der Waals surface area contributed by atoms with Gasteiger partial charge in [0.15, 0.2) is 5.78 Å². The van der Waals surface area contributed by atoms with Gasteiger partial charge in [-0.1, -0.05) is 6.92 Å². The molecular weight excluding hydrogens is 332 g/mol. The molecule has 136 valence electrons. The van der Waals surface area contributed by atoms with Gasteiger partial charge in [0.2, 0.25) is 0 Å². The number of Topliss-reactive ketones (excluding diaryl/α,β-unsaturated/α-hetero) is 1. The van der Waals surface area contributed by atoms with E-state index in [-0.39, 0.29) is 5.78 Å². The SMILES string of the molecule is CCCC(=O)c1ccc(NC(=O)Nc2ccc(C(=O)OCC)cc2)cc1. The van der Waals surface area contributed by atoms with E-state index < -0.39 is 12.0 Å². The van der Waals surface area contributed by atoms with Gasteiger partial charge in [0.25, 0.3) is 0 Å². The molecule has 0 atom stereocenters. The first-order chi connectivity index (χ1) is 12.5. The topological polar surface area (TPSA) is 84.5 Å². The highest BCUT2D eigenvalue weighted by Crippen LogP contribution is 2.14. The van der Waals surface area contributed by atoms with Crippen molar-refractivity contribution in [1.82, 2.24) is 0 Å². The van der Waals surface area contributed by atoms with Crippen molar-refractivity contribution in [3.63, 3.8) is 0 Å². The van der Waals surface area contributed by atoms with Crippen LogP contribution in [0.4, 0.5) is 16.2 Å². The first-order valence-electron chi connectivity index (χ1n) is 8.52. The molecule has 6 nitrogen and oxygen atoms in total. The monoisotopic (exact) mass is 354 g/mol. The van der Waals surface area contributed by atoms with Crippen molar-refractivity contribution in [2.75, 3.05) is 17.2 Å². The molecule has 2 aromatic carbocycles. The smallest absolute Gasteiger partial charge is 0.338 e. The van der Waals surface area contributed by atoms with Gasteiger partial charge < -0.3 is 15.4 Å². The van der Waals surface area contributed by atoms with Crippen LogP contribution in [0.25, 0.3) is 0 Å². The number of urea groups is 1. The minimum Gasteiger partial charge on any atom is -0.462 e. The summed E-state index contributed by atoms with van der Waals surface area (Å²) >= 11 is 0. The summed E-state index contributed by atoms with van der Waals surface area (Å²) in [6, 6.07) is 12.8. The van der Waals surface area contributed by atoms with Gasteiger partial charge in [0.05, 0.1) is 12.2 Å². The number of carbonyl (C=O) groups excluding carboxylic acids is 3. The minimum atomic E-state index is -0.415. The molecule has 0 radical (unpaired) electrons. The highest BCUT2D eigenvalue weighted by molar-refractivity contribution is 6.01. The first-order valence-corrected chi connectivity index (χ1v) is 8.52. The summed E-state index contributed by atoms with van der Waals surface area (Å²) in [5, 5.41) is 5.37. The summed E-state index contributed by atoms with van der Waals surface area (Å²) in [5.41, 5.74) is 2.18. The maximum atomic E-state index is 12.0. The van der Waals surface area contributed by atoms with Crippen molar-refractivity contribution >= 4 is 29.2 Å². The second kappa shape index (κ2) is 9.36. The zero-order valence-electron chi connectivity index (χ0n) is 14.9. The summed E-state index contributed by atoms with van der Waals surface area (Å²) in [5.74, 6) is -0.314. The van der Waals surface area contributed by atoms with E-state index in [1.807, 2.05) is 6.92 Å². The lowest BCUT2D eigenvalue weighted by Crippen LogP contribution is -2.19. The molecule has 26 heavy (non-hydrogen) atoms. The maximum absolute atomic E-state index is 12.0. The van der Waals surface area contributed by atoms with Crippen LogP contribution in [0.15, 0.2) is 48.5 Å². The average Bonchev–Trinajstić information content (AvgIpc) is 2.63. The van der Waals surface area contributed by atoms with Crippen LogP contribution in [0.3, 0.4) is 0 Å². The van der Waals surface area contributed by atoms with Gasteiger partial charge in [-0.15, -0.1) is 0 Å². The number of hydrogen-bond donors (Lipinski definition) is 2. The first kappa shape index (κ1) is 19.2. The van der Waals surface area contributed by atoms with Gasteiger partial charge in [-0.2, -0.15) is 0 Å². The van der Waals surface area contributed by atoms with Crippen LogP contribution in [-0.2, 0) is 4.74 Å². The third-order valence-corrected chi connectivity index (χ3v) is 3.60. The number of esters is 1. The molecule has 0 aliphatic heterocycles. The molecule has 2 rings (SSSR count). The Morgan fingerprint density at radius 2 is 1.31 bits per heavy atom. The molecule has 0 aromatic heterocycles. The number of anilines is 2. The molecule has 0 spiro atoms. The number of carbonyl (C=O) groups is 3. The van der Waals surface area contributed by atoms with E-state index in [1.54, 1.807) is 55.5 Å². The van der Waals surface area contributed by atoms with Crippen LogP contribution in [0.2, 0.25) is 0 Å². The number of nitrogens with one attached hydrogen (secondary N) is 2. The molecule has 0 saturated heterocycles. The molecule has 0 aliphatic carbocycles. The lowest BCUT2D eigenvalue weighted by Gasteiger charge is -2.09. The molecule has 0 bridgehead atoms. The molecule has 0 fully saturated rings. The molecule has 0 unspecified atom stereocenters. The summed E-state index contributed by atoms with van der Waals surface area (Å²) < 4.78 is 4.91. The Hall–Kier alpha value is -3.15. The number of ether oxygens (including phenoxy) is 1. The number of rotatable bonds is 7. The maximum Gasteiger partial charge on any atom is 0.338 e. The zero-order valence-corrected chi connectivity index (χ0v) is 14.9. The molecule has 0 heterocycles. The molecule has 2 N–H and O–H groups in total. The molecule has 0 aliphatic rings. The standard InChI is InChI=1S/C20H22N2O4/c1-3-5-18(23)14-6-10-16(11-7-14)21-20(25)22-17-12-8-15(9-13-17)19(24)26-4-2/h6-13H,3-5H2,1-2H3,(H2,21,22,25). The quantitative estimate of drug-likeness (QED) is 0.567. The predicted octanol–water partition coefficient (Wildman–Crippen LogP) is 4.49. The van der Waals surface area contributed by atoms with Crippen LogP contribution >= 0.6 is 0 Å². The second-order valence-electron chi connectivity index (χ2n) is 5.63. The number of amides is 2. The van der Waals surface area contributed by atoms with E-state index in [0.717, 1.165) is 6.42 Å². The lowest BCUT2D eigenvalue weighted by atomic mass is 10.1. The van der Waals surface area contributed by atoms with Crippen molar-refractivity contribution in [2.45, 2.75) is 26.7 Å². The number of ketones is 1. The molecule has 0 saturated carbocycles. The van der Waals surface area contributed by atoms with Crippen LogP contribution in [0, 0.1) is 0 Å². The third-order valence-electron chi connectivity index (χ3n) is 3.60. The van der Waals surface area contributed by atoms with Gasteiger partial charge in [0, 0.05) is 23.4 Å². The van der Waals surface area contributed by atoms with E-state index in [1.165, 1.54) is 0 Å². The summed E-state index contributed by atoms with van der Waals surface area (Å²) in [6.45, 7) is 4.01. The Labute approximate surface area is 152 Å². The van der Waals surface area contributed by atoms with Gasteiger partial charge >= 0.3 is 12.0 Å². The van der Waals surface area contributed by atoms with E-state index in [0.29, 0.717) is 35.5 Å². The Morgan fingerprint density at radius 3 is 1.77 bits per heavy atom. The van der Waals surface area contributed by atoms with Crippen molar-refractivity contribution in [3.8, 4) is 0 Å². The molecule has 6 heteroatoms. The van der Waals surface area contributed by atoms with Gasteiger partial charge in [-0.25, -0.2) is 9.59 Å². The largest absolute Gasteiger partial charge is 0.462 e. The normalized spacial score (nSPS) is 10.1. The fourth-order valence-corrected chi connectivity index (χ4v) is 2.31. The van der Waals surface area contributed by atoms with Crippen molar-refractivity contribution in [2.24, 2.45) is 0 Å². The highest BCUT2D eigenvalue weighted by atomic mass is 16.5. The van der Waals surface area contributed by atoms with Gasteiger partial charge in [-0.3, -0.25) is 4.79 Å². The zero-order chi connectivity index (χ0) is 18.9. The number of benzene rings is 2. The van der Waals surface area contributed by atoms with Crippen molar-refractivity contribution < 1.29 is 19.1 Å². The van der Waals surface area contributed by atoms with Crippen LogP contribution in [0.1, 0.15) is 47.4 Å². The summed E-state index contributed by atoms with van der Waals surface area (Å²) in [4.78, 5) is 35.4. The van der Waals surface area contributed by atoms with E-state index in [2.05, 4.69) is 10.6 Å². The van der Waals surface area contributed by atoms with Crippen molar-refractivity contribution in [1.29, 1.82) is 0 Å². The van der Waals surface area contributed by atoms with Gasteiger partial charge in [-0.05, 0) is 61.9 Å². The fraction of sp³-hybridized carbons (Fsp3) is 0.250. The van der Waals surface area contributed by atoms with E-state index >= 15 is 0 Å². The summed E-state index contributed by atoms with van der Waals surface area (Å²) in [6.07, 6.45) is 1.31. The van der Waals surface area contributed by atoms with Crippen LogP contribution < -0.4 is 10.6 Å². The Bertz CT molecular complexity index is 702. The van der Waals surface area contributed by atoms with E-state index in [9.17, 15) is 14.4 Å². The second-order valence-corrected chi connectivity index (χ2v) is 5.63. The lowest BCUT2D eigenvalue weighted by molar-refractivity contribution is 0.0526. The fourth-order valence-electron chi connectivity index (χ4n) is 2.31. The van der Waals surface area contributed by atoms with E-state index in [4.69, 9.17) is 4.74 Å². The predicted molar refractivity (Wildman–Crippen MR) is 101 cm³/mol. The van der Waals surface area contributed by atoms with Crippen molar-refractivity contribution in [3.05, 3.63) is 59.7 Å². The Morgan fingerprint density at radius 1 is 0.808 bits per heavy atom. The third kappa shape index (κ3) is 5.44. The van der Waals surface area contributed by atoms with Crippen LogP contribution in [0.5, 0.6) is 0 Å². The highest BCUT2D eigenvalue weighted by Gasteiger charge is 2.08. The molecular formula is C20H22N2O4. The van der Waals surface area contributed by atoms with Crippen LogP contribution in [-0.4, -0.2) is 24.4 Å².